The van der Waals surface area contributed by atoms with Crippen LogP contribution in [-0.4, -0.2) is 44.2 Å². The zero-order chi connectivity index (χ0) is 17.8. The predicted octanol–water partition coefficient (Wildman–Crippen LogP) is 1.43. The van der Waals surface area contributed by atoms with Crippen molar-refractivity contribution < 1.29 is 19.1 Å². The van der Waals surface area contributed by atoms with Crippen molar-refractivity contribution in [3.8, 4) is 11.5 Å². The molecule has 3 N–H and O–H groups in total. The number of piperazine rings is 1. The molecule has 25 heavy (non-hydrogen) atoms. The molecule has 7 heteroatoms. The van der Waals surface area contributed by atoms with Crippen molar-refractivity contribution in [3.63, 3.8) is 0 Å². The van der Waals surface area contributed by atoms with E-state index in [1.807, 2.05) is 0 Å². The van der Waals surface area contributed by atoms with Gasteiger partial charge < -0.3 is 25.4 Å². The lowest BCUT2D eigenvalue weighted by Crippen LogP contribution is -2.65. The van der Waals surface area contributed by atoms with Crippen LogP contribution in [0.15, 0.2) is 18.2 Å². The average Bonchev–Trinajstić information content (AvgIpc) is 2.62. The smallest absolute Gasteiger partial charge is 0.237 e. The van der Waals surface area contributed by atoms with E-state index in [-0.39, 0.29) is 30.3 Å². The number of nitrogens with one attached hydrogen (secondary N) is 3. The summed E-state index contributed by atoms with van der Waals surface area (Å²) in [5.41, 5.74) is 0.526. The molecule has 1 aliphatic heterocycles. The zero-order valence-electron chi connectivity index (χ0n) is 14.6. The third-order valence-corrected chi connectivity index (χ3v) is 4.90. The summed E-state index contributed by atoms with van der Waals surface area (Å²) in [4.78, 5) is 24.7. The third kappa shape index (κ3) is 4.04. The first-order chi connectivity index (χ1) is 12.1. The summed E-state index contributed by atoms with van der Waals surface area (Å²) >= 11 is 0. The van der Waals surface area contributed by atoms with Gasteiger partial charge in [-0.15, -0.1) is 0 Å². The quantitative estimate of drug-likeness (QED) is 0.750. The Kier molecular flexibility index (Phi) is 5.43. The van der Waals surface area contributed by atoms with Crippen LogP contribution in [-0.2, 0) is 9.59 Å². The molecule has 2 aliphatic rings. The van der Waals surface area contributed by atoms with E-state index in [9.17, 15) is 9.59 Å². The lowest BCUT2D eigenvalue weighted by Gasteiger charge is -2.40. The molecule has 136 valence electrons. The number of amides is 2. The summed E-state index contributed by atoms with van der Waals surface area (Å²) in [5.74, 6) is 0.821. The van der Waals surface area contributed by atoms with Crippen molar-refractivity contribution in [2.24, 2.45) is 0 Å². The van der Waals surface area contributed by atoms with Gasteiger partial charge >= 0.3 is 0 Å². The summed E-state index contributed by atoms with van der Waals surface area (Å²) in [6, 6.07) is 5.13. The van der Waals surface area contributed by atoms with E-state index in [0.29, 0.717) is 17.2 Å². The van der Waals surface area contributed by atoms with Crippen LogP contribution in [0.2, 0.25) is 0 Å². The number of methoxy groups -OCH3 is 2. The Hall–Kier alpha value is -2.28. The molecule has 0 radical (unpaired) electrons. The molecule has 2 amide bonds. The largest absolute Gasteiger partial charge is 0.497 e. The SMILES string of the molecule is COc1ccc(OC)c(NC(=O)CC2NC3CCCCC3NC2=O)c1. The van der Waals surface area contributed by atoms with Gasteiger partial charge in [0, 0.05) is 18.2 Å². The second-order valence-corrected chi connectivity index (χ2v) is 6.54. The third-order valence-electron chi connectivity index (χ3n) is 4.90. The maximum Gasteiger partial charge on any atom is 0.237 e. The van der Waals surface area contributed by atoms with Crippen LogP contribution in [0.25, 0.3) is 0 Å². The molecule has 0 spiro atoms. The Balaban J connectivity index is 1.63. The Morgan fingerprint density at radius 1 is 1.20 bits per heavy atom. The summed E-state index contributed by atoms with van der Waals surface area (Å²) < 4.78 is 10.4. The lowest BCUT2D eigenvalue weighted by molar-refractivity contribution is -0.129. The Labute approximate surface area is 147 Å². The van der Waals surface area contributed by atoms with E-state index >= 15 is 0 Å². The van der Waals surface area contributed by atoms with E-state index in [1.165, 1.54) is 7.11 Å². The van der Waals surface area contributed by atoms with Gasteiger partial charge in [-0.05, 0) is 25.0 Å². The van der Waals surface area contributed by atoms with E-state index in [4.69, 9.17) is 9.47 Å². The highest BCUT2D eigenvalue weighted by Gasteiger charge is 2.37. The molecule has 3 rings (SSSR count). The molecule has 0 aromatic heterocycles. The molecule has 3 atom stereocenters. The van der Waals surface area contributed by atoms with Gasteiger partial charge in [-0.25, -0.2) is 0 Å². The van der Waals surface area contributed by atoms with Crippen molar-refractivity contribution in [1.29, 1.82) is 0 Å². The number of hydrogen-bond acceptors (Lipinski definition) is 5. The van der Waals surface area contributed by atoms with Gasteiger partial charge in [0.05, 0.1) is 32.4 Å². The van der Waals surface area contributed by atoms with E-state index in [2.05, 4.69) is 16.0 Å². The van der Waals surface area contributed by atoms with Crippen LogP contribution in [0.1, 0.15) is 32.1 Å². The second-order valence-electron chi connectivity index (χ2n) is 6.54. The molecule has 3 unspecified atom stereocenters. The van der Waals surface area contributed by atoms with Crippen molar-refractivity contribution in [2.45, 2.75) is 50.2 Å². The molecular formula is C18H25N3O4. The molecule has 1 heterocycles. The maximum atomic E-state index is 12.4. The van der Waals surface area contributed by atoms with Crippen LogP contribution in [0.3, 0.4) is 0 Å². The van der Waals surface area contributed by atoms with Gasteiger partial charge in [0.2, 0.25) is 11.8 Å². The van der Waals surface area contributed by atoms with E-state index in [0.717, 1.165) is 25.7 Å². The molecule has 7 nitrogen and oxygen atoms in total. The molecule has 1 saturated carbocycles. The molecule has 2 fully saturated rings. The van der Waals surface area contributed by atoms with Crippen molar-refractivity contribution >= 4 is 17.5 Å². The number of ether oxygens (including phenoxy) is 2. The van der Waals surface area contributed by atoms with Crippen LogP contribution in [0.4, 0.5) is 5.69 Å². The first-order valence-electron chi connectivity index (χ1n) is 8.69. The molecule has 1 saturated heterocycles. The zero-order valence-corrected chi connectivity index (χ0v) is 14.6. The summed E-state index contributed by atoms with van der Waals surface area (Å²) in [5, 5.41) is 9.21. The summed E-state index contributed by atoms with van der Waals surface area (Å²) in [7, 11) is 3.10. The van der Waals surface area contributed by atoms with Gasteiger partial charge in [-0.2, -0.15) is 0 Å². The maximum absolute atomic E-state index is 12.4. The van der Waals surface area contributed by atoms with Crippen LogP contribution < -0.4 is 25.4 Å². The van der Waals surface area contributed by atoms with Crippen molar-refractivity contribution in [1.82, 2.24) is 10.6 Å². The van der Waals surface area contributed by atoms with Gasteiger partial charge in [0.25, 0.3) is 0 Å². The Bertz CT molecular complexity index is 649. The molecule has 1 aromatic rings. The standard InChI is InChI=1S/C18H25N3O4/c1-24-11-7-8-16(25-2)14(9-11)20-17(22)10-15-18(23)21-13-6-4-3-5-12(13)19-15/h7-9,12-13,15,19H,3-6,10H2,1-2H3,(H,20,22)(H,21,23). The number of hydrogen-bond donors (Lipinski definition) is 3. The topological polar surface area (TPSA) is 88.7 Å². The van der Waals surface area contributed by atoms with Crippen LogP contribution >= 0.6 is 0 Å². The fraction of sp³-hybridized carbons (Fsp3) is 0.556. The summed E-state index contributed by atoms with van der Waals surface area (Å²) in [6.45, 7) is 0. The molecular weight excluding hydrogens is 322 g/mol. The number of rotatable bonds is 5. The number of carbonyl (C=O) groups excluding carboxylic acids is 2. The molecule has 1 aliphatic carbocycles. The molecule has 0 bridgehead atoms. The summed E-state index contributed by atoms with van der Waals surface area (Å²) in [6.07, 6.45) is 4.42. The van der Waals surface area contributed by atoms with E-state index in [1.54, 1.807) is 25.3 Å². The van der Waals surface area contributed by atoms with Gasteiger partial charge in [0.1, 0.15) is 11.5 Å². The minimum absolute atomic E-state index is 0.0788. The highest BCUT2D eigenvalue weighted by Crippen LogP contribution is 2.29. The van der Waals surface area contributed by atoms with E-state index < -0.39 is 6.04 Å². The monoisotopic (exact) mass is 347 g/mol. The highest BCUT2D eigenvalue weighted by molar-refractivity contribution is 5.96. The lowest BCUT2D eigenvalue weighted by atomic mass is 9.87. The van der Waals surface area contributed by atoms with Crippen molar-refractivity contribution in [2.75, 3.05) is 19.5 Å². The van der Waals surface area contributed by atoms with Gasteiger partial charge in [0.15, 0.2) is 0 Å². The minimum atomic E-state index is -0.504. The Morgan fingerprint density at radius 3 is 2.68 bits per heavy atom. The van der Waals surface area contributed by atoms with Gasteiger partial charge in [-0.3, -0.25) is 9.59 Å². The first-order valence-corrected chi connectivity index (χ1v) is 8.69. The van der Waals surface area contributed by atoms with Crippen LogP contribution in [0, 0.1) is 0 Å². The normalized spacial score (nSPS) is 25.5. The number of benzene rings is 1. The van der Waals surface area contributed by atoms with Gasteiger partial charge in [-0.1, -0.05) is 12.8 Å². The minimum Gasteiger partial charge on any atom is -0.497 e. The number of fused-ring (bicyclic) bond motifs is 1. The molecule has 1 aromatic carbocycles. The fourth-order valence-corrected chi connectivity index (χ4v) is 3.57. The van der Waals surface area contributed by atoms with Crippen molar-refractivity contribution in [3.05, 3.63) is 18.2 Å². The highest BCUT2D eigenvalue weighted by atomic mass is 16.5. The number of anilines is 1. The fourth-order valence-electron chi connectivity index (χ4n) is 3.57. The Morgan fingerprint density at radius 2 is 1.96 bits per heavy atom. The van der Waals surface area contributed by atoms with Crippen LogP contribution in [0.5, 0.6) is 11.5 Å². The second kappa shape index (κ2) is 7.74. The average molecular weight is 347 g/mol. The number of carbonyl (C=O) groups is 2. The first kappa shape index (κ1) is 17.5. The predicted molar refractivity (Wildman–Crippen MR) is 93.9 cm³/mol.